The van der Waals surface area contributed by atoms with Crippen molar-refractivity contribution in [1.29, 1.82) is 0 Å². The second-order valence-corrected chi connectivity index (χ2v) is 7.63. The molecule has 0 saturated carbocycles. The fraction of sp³-hybridized carbons (Fsp3) is 0.261. The molecule has 3 aromatic rings. The lowest BCUT2D eigenvalue weighted by Crippen LogP contribution is -2.32. The number of halogens is 1. The average molecular weight is 392 g/mol. The Morgan fingerprint density at radius 3 is 2.57 bits per heavy atom. The zero-order valence-corrected chi connectivity index (χ0v) is 16.6. The van der Waals surface area contributed by atoms with E-state index in [9.17, 15) is 4.79 Å². The zero-order valence-electron chi connectivity index (χ0n) is 15.9. The molecule has 0 fully saturated rings. The summed E-state index contributed by atoms with van der Waals surface area (Å²) in [5, 5.41) is 0.664. The van der Waals surface area contributed by atoms with Crippen molar-refractivity contribution in [3.05, 3.63) is 82.3 Å². The van der Waals surface area contributed by atoms with Crippen molar-refractivity contribution in [3.8, 4) is 11.3 Å². The number of hydrogen-bond acceptors (Lipinski definition) is 4. The molecule has 1 aromatic heterocycles. The van der Waals surface area contributed by atoms with Crippen molar-refractivity contribution in [2.45, 2.75) is 32.9 Å². The van der Waals surface area contributed by atoms with Gasteiger partial charge in [0.05, 0.1) is 17.8 Å². The van der Waals surface area contributed by atoms with E-state index in [0.29, 0.717) is 10.8 Å². The van der Waals surface area contributed by atoms with Crippen LogP contribution in [0.15, 0.2) is 54.6 Å². The Hall–Kier alpha value is -2.56. The molecule has 0 atom stereocenters. The van der Waals surface area contributed by atoms with E-state index < -0.39 is 0 Å². The Kier molecular flexibility index (Phi) is 5.51. The highest BCUT2D eigenvalue weighted by Gasteiger charge is 2.24. The number of fused-ring (bicyclic) bond motifs is 1. The third kappa shape index (κ3) is 4.13. The molecule has 0 spiro atoms. The lowest BCUT2D eigenvalue weighted by Gasteiger charge is -2.30. The molecule has 2 heterocycles. The molecule has 142 valence electrons. The van der Waals surface area contributed by atoms with Crippen LogP contribution in [0.4, 0.5) is 0 Å². The number of carbonyl (C=O) groups is 1. The van der Waals surface area contributed by atoms with Gasteiger partial charge in [-0.15, -0.1) is 0 Å². The van der Waals surface area contributed by atoms with Crippen molar-refractivity contribution < 1.29 is 4.79 Å². The standard InChI is InChI=1S/C23H22ClN3O/c1-16(28)13-22-25-21-11-12-27(14-17-7-3-2-4-8-17)15-19(21)23(26-22)18-9-5-6-10-20(18)24/h2-10H,11-15H2,1H3. The molecule has 4 nitrogen and oxygen atoms in total. The van der Waals surface area contributed by atoms with Gasteiger partial charge in [0.2, 0.25) is 0 Å². The van der Waals surface area contributed by atoms with Crippen LogP contribution in [0.2, 0.25) is 5.02 Å². The maximum atomic E-state index is 11.6. The summed E-state index contributed by atoms with van der Waals surface area (Å²) in [6, 6.07) is 18.2. The van der Waals surface area contributed by atoms with E-state index in [-0.39, 0.29) is 12.2 Å². The molecule has 5 heteroatoms. The molecule has 0 aliphatic carbocycles. The molecule has 1 aliphatic heterocycles. The lowest BCUT2D eigenvalue weighted by atomic mass is 9.98. The van der Waals surface area contributed by atoms with Gasteiger partial charge in [-0.3, -0.25) is 9.69 Å². The van der Waals surface area contributed by atoms with Crippen LogP contribution >= 0.6 is 11.6 Å². The minimum Gasteiger partial charge on any atom is -0.300 e. The molecular weight excluding hydrogens is 370 g/mol. The van der Waals surface area contributed by atoms with Crippen LogP contribution in [0.3, 0.4) is 0 Å². The first-order valence-electron chi connectivity index (χ1n) is 9.49. The fourth-order valence-corrected chi connectivity index (χ4v) is 3.90. The first-order chi connectivity index (χ1) is 13.6. The highest BCUT2D eigenvalue weighted by atomic mass is 35.5. The number of Topliss-reactive ketones (excluding diaryl/α,β-unsaturated/α-hetero) is 1. The summed E-state index contributed by atoms with van der Waals surface area (Å²) in [4.78, 5) is 23.5. The Balaban J connectivity index is 1.73. The summed E-state index contributed by atoms with van der Waals surface area (Å²) in [7, 11) is 0. The quantitative estimate of drug-likeness (QED) is 0.643. The van der Waals surface area contributed by atoms with Crippen LogP contribution < -0.4 is 0 Å². The van der Waals surface area contributed by atoms with E-state index >= 15 is 0 Å². The van der Waals surface area contributed by atoms with Gasteiger partial charge in [-0.1, -0.05) is 60.1 Å². The Bertz CT molecular complexity index is 1000. The number of ketones is 1. The summed E-state index contributed by atoms with van der Waals surface area (Å²) in [5.74, 6) is 0.643. The topological polar surface area (TPSA) is 46.1 Å². The summed E-state index contributed by atoms with van der Waals surface area (Å²) in [6.45, 7) is 4.16. The van der Waals surface area contributed by atoms with Crippen molar-refractivity contribution in [2.75, 3.05) is 6.54 Å². The van der Waals surface area contributed by atoms with Crippen LogP contribution in [0, 0.1) is 0 Å². The molecule has 28 heavy (non-hydrogen) atoms. The second-order valence-electron chi connectivity index (χ2n) is 7.22. The Labute approximate surface area is 170 Å². The first-order valence-corrected chi connectivity index (χ1v) is 9.87. The molecule has 0 N–H and O–H groups in total. The van der Waals surface area contributed by atoms with Gasteiger partial charge in [-0.25, -0.2) is 9.97 Å². The van der Waals surface area contributed by atoms with Gasteiger partial charge < -0.3 is 0 Å². The highest BCUT2D eigenvalue weighted by molar-refractivity contribution is 6.33. The maximum absolute atomic E-state index is 11.6. The summed E-state index contributed by atoms with van der Waals surface area (Å²) in [6.07, 6.45) is 1.09. The van der Waals surface area contributed by atoms with Crippen LogP contribution in [-0.2, 0) is 30.7 Å². The third-order valence-electron chi connectivity index (χ3n) is 4.97. The minimum absolute atomic E-state index is 0.0616. The normalized spacial score (nSPS) is 13.9. The first kappa shape index (κ1) is 18.8. The Morgan fingerprint density at radius 2 is 1.82 bits per heavy atom. The van der Waals surface area contributed by atoms with E-state index in [1.165, 1.54) is 5.56 Å². The monoisotopic (exact) mass is 391 g/mol. The molecule has 4 rings (SSSR count). The predicted molar refractivity (Wildman–Crippen MR) is 111 cm³/mol. The smallest absolute Gasteiger partial charge is 0.137 e. The minimum atomic E-state index is 0.0616. The lowest BCUT2D eigenvalue weighted by molar-refractivity contribution is -0.116. The number of nitrogens with zero attached hydrogens (tertiary/aromatic N) is 3. The Morgan fingerprint density at radius 1 is 1.07 bits per heavy atom. The van der Waals surface area contributed by atoms with Crippen molar-refractivity contribution in [2.24, 2.45) is 0 Å². The largest absolute Gasteiger partial charge is 0.300 e. The van der Waals surface area contributed by atoms with Crippen molar-refractivity contribution in [1.82, 2.24) is 14.9 Å². The second kappa shape index (κ2) is 8.21. The third-order valence-corrected chi connectivity index (χ3v) is 5.30. The molecule has 0 amide bonds. The summed E-state index contributed by atoms with van der Waals surface area (Å²) in [5.41, 5.74) is 5.19. The van der Waals surface area contributed by atoms with Gasteiger partial charge in [0.1, 0.15) is 11.6 Å². The van der Waals surface area contributed by atoms with Gasteiger partial charge >= 0.3 is 0 Å². The molecular formula is C23H22ClN3O. The van der Waals surface area contributed by atoms with Gasteiger partial charge in [-0.05, 0) is 18.6 Å². The van der Waals surface area contributed by atoms with Crippen LogP contribution in [0.25, 0.3) is 11.3 Å². The maximum Gasteiger partial charge on any atom is 0.137 e. The molecule has 0 radical (unpaired) electrons. The number of carbonyl (C=O) groups excluding carboxylic acids is 1. The van der Waals surface area contributed by atoms with Gasteiger partial charge in [0.15, 0.2) is 0 Å². The van der Waals surface area contributed by atoms with Crippen molar-refractivity contribution in [3.63, 3.8) is 0 Å². The van der Waals surface area contributed by atoms with Gasteiger partial charge in [0.25, 0.3) is 0 Å². The number of aromatic nitrogens is 2. The molecule has 0 saturated heterocycles. The van der Waals surface area contributed by atoms with Gasteiger partial charge in [-0.2, -0.15) is 0 Å². The predicted octanol–water partition coefficient (Wildman–Crippen LogP) is 4.49. The van der Waals surface area contributed by atoms with E-state index in [0.717, 1.165) is 48.6 Å². The van der Waals surface area contributed by atoms with E-state index in [1.54, 1.807) is 6.92 Å². The van der Waals surface area contributed by atoms with Gasteiger partial charge in [0, 0.05) is 42.2 Å². The summed E-state index contributed by atoms with van der Waals surface area (Å²) >= 11 is 6.48. The number of benzene rings is 2. The number of hydrogen-bond donors (Lipinski definition) is 0. The number of rotatable bonds is 5. The highest BCUT2D eigenvalue weighted by Crippen LogP contribution is 2.33. The molecule has 1 aliphatic rings. The van der Waals surface area contributed by atoms with E-state index in [4.69, 9.17) is 21.6 Å². The summed E-state index contributed by atoms with van der Waals surface area (Å²) < 4.78 is 0. The van der Waals surface area contributed by atoms with E-state index in [2.05, 4.69) is 29.2 Å². The van der Waals surface area contributed by atoms with Crippen LogP contribution in [0.1, 0.15) is 29.6 Å². The van der Waals surface area contributed by atoms with Crippen LogP contribution in [-0.4, -0.2) is 27.2 Å². The van der Waals surface area contributed by atoms with Crippen molar-refractivity contribution >= 4 is 17.4 Å². The average Bonchev–Trinajstić information content (AvgIpc) is 2.68. The molecule has 2 aromatic carbocycles. The molecule has 0 unspecified atom stereocenters. The fourth-order valence-electron chi connectivity index (χ4n) is 3.68. The zero-order chi connectivity index (χ0) is 19.5. The van der Waals surface area contributed by atoms with E-state index in [1.807, 2.05) is 30.3 Å². The SMILES string of the molecule is CC(=O)Cc1nc2c(c(-c3ccccc3Cl)n1)CN(Cc1ccccc1)CC2. The molecule has 0 bridgehead atoms. The van der Waals surface area contributed by atoms with Crippen LogP contribution in [0.5, 0.6) is 0 Å².